The minimum absolute atomic E-state index is 0.0309. The van der Waals surface area contributed by atoms with Crippen molar-refractivity contribution in [2.45, 2.75) is 33.1 Å². The minimum Gasteiger partial charge on any atom is -0.397 e. The molecule has 0 heterocycles. The minimum atomic E-state index is -0.0309. The highest BCUT2D eigenvalue weighted by Crippen LogP contribution is 2.33. The molecule has 0 spiro atoms. The van der Waals surface area contributed by atoms with Crippen LogP contribution in [0.15, 0.2) is 18.2 Å². The summed E-state index contributed by atoms with van der Waals surface area (Å²) in [6.45, 7) is 6.77. The first-order valence-corrected chi connectivity index (χ1v) is 7.58. The van der Waals surface area contributed by atoms with Gasteiger partial charge in [-0.05, 0) is 50.3 Å². The maximum Gasteiger partial charge on any atom is 0.251 e. The van der Waals surface area contributed by atoms with Crippen LogP contribution in [-0.2, 0) is 0 Å². The van der Waals surface area contributed by atoms with Crippen LogP contribution in [0.2, 0.25) is 0 Å². The first kappa shape index (κ1) is 14.7. The molecule has 0 saturated heterocycles. The van der Waals surface area contributed by atoms with Crippen molar-refractivity contribution in [1.29, 1.82) is 0 Å². The van der Waals surface area contributed by atoms with E-state index in [4.69, 9.17) is 5.73 Å². The van der Waals surface area contributed by atoms with Crippen molar-refractivity contribution in [3.63, 3.8) is 0 Å². The van der Waals surface area contributed by atoms with Crippen molar-refractivity contribution >= 4 is 17.3 Å². The molecule has 0 atom stereocenters. The fourth-order valence-electron chi connectivity index (χ4n) is 2.41. The second-order valence-electron chi connectivity index (χ2n) is 5.52. The molecule has 2 rings (SSSR count). The van der Waals surface area contributed by atoms with Crippen LogP contribution >= 0.6 is 0 Å². The topological polar surface area (TPSA) is 58.4 Å². The van der Waals surface area contributed by atoms with Crippen LogP contribution in [-0.4, -0.2) is 25.5 Å². The largest absolute Gasteiger partial charge is 0.397 e. The number of nitrogens with zero attached hydrogens (tertiary/aromatic N) is 1. The number of nitrogens with two attached hydrogens (primary N) is 1. The summed E-state index contributed by atoms with van der Waals surface area (Å²) in [6, 6.07) is 5.57. The summed E-state index contributed by atoms with van der Waals surface area (Å²) in [7, 11) is 0. The van der Waals surface area contributed by atoms with Gasteiger partial charge in [0.2, 0.25) is 0 Å². The molecule has 1 aromatic carbocycles. The highest BCUT2D eigenvalue weighted by Gasteiger charge is 2.25. The lowest BCUT2D eigenvalue weighted by molar-refractivity contribution is 0.0956. The summed E-state index contributed by atoms with van der Waals surface area (Å²) in [5.74, 6) is 0.769. The first-order chi connectivity index (χ1) is 9.65. The van der Waals surface area contributed by atoms with E-state index >= 15 is 0 Å². The average molecular weight is 275 g/mol. The number of rotatable bonds is 7. The molecule has 1 amide bonds. The van der Waals surface area contributed by atoms with Crippen LogP contribution < -0.4 is 16.0 Å². The Labute approximate surface area is 121 Å². The van der Waals surface area contributed by atoms with E-state index in [0.29, 0.717) is 12.1 Å². The lowest BCUT2D eigenvalue weighted by Crippen LogP contribution is -2.28. The lowest BCUT2D eigenvalue weighted by Gasteiger charge is -2.26. The summed E-state index contributed by atoms with van der Waals surface area (Å²) in [6.07, 6.45) is 3.71. The van der Waals surface area contributed by atoms with Gasteiger partial charge in [-0.2, -0.15) is 0 Å². The molecule has 1 aliphatic rings. The summed E-state index contributed by atoms with van der Waals surface area (Å²) in [5.41, 5.74) is 8.56. The van der Waals surface area contributed by atoms with E-state index in [0.717, 1.165) is 36.8 Å². The molecule has 1 aromatic rings. The van der Waals surface area contributed by atoms with Gasteiger partial charge in [0.1, 0.15) is 0 Å². The molecule has 1 saturated carbocycles. The van der Waals surface area contributed by atoms with Crippen molar-refractivity contribution < 1.29 is 4.79 Å². The van der Waals surface area contributed by atoms with Crippen molar-refractivity contribution in [3.8, 4) is 0 Å². The Bertz CT molecular complexity index is 469. The fourth-order valence-corrected chi connectivity index (χ4v) is 2.41. The Kier molecular flexibility index (Phi) is 4.88. The predicted octanol–water partition coefficient (Wildman–Crippen LogP) is 2.64. The van der Waals surface area contributed by atoms with Crippen LogP contribution in [0.3, 0.4) is 0 Å². The Balaban J connectivity index is 2.22. The number of amides is 1. The molecule has 4 heteroatoms. The molecule has 1 fully saturated rings. The van der Waals surface area contributed by atoms with Gasteiger partial charge >= 0.3 is 0 Å². The summed E-state index contributed by atoms with van der Waals surface area (Å²) >= 11 is 0. The molecule has 1 aliphatic carbocycles. The molecule has 0 aliphatic heterocycles. The maximum absolute atomic E-state index is 12.0. The van der Waals surface area contributed by atoms with Gasteiger partial charge in [0.25, 0.3) is 5.91 Å². The zero-order valence-corrected chi connectivity index (χ0v) is 12.5. The lowest BCUT2D eigenvalue weighted by atomic mass is 10.1. The third-order valence-corrected chi connectivity index (χ3v) is 3.64. The highest BCUT2D eigenvalue weighted by molar-refractivity contribution is 5.96. The Morgan fingerprint density at radius 1 is 1.40 bits per heavy atom. The van der Waals surface area contributed by atoms with E-state index in [2.05, 4.69) is 17.1 Å². The maximum atomic E-state index is 12.0. The monoisotopic (exact) mass is 275 g/mol. The summed E-state index contributed by atoms with van der Waals surface area (Å²) in [5, 5.41) is 2.83. The smallest absolute Gasteiger partial charge is 0.251 e. The van der Waals surface area contributed by atoms with Gasteiger partial charge in [-0.1, -0.05) is 6.92 Å². The number of benzene rings is 1. The molecular weight excluding hydrogens is 250 g/mol. The molecule has 3 N–H and O–H groups in total. The number of nitrogen functional groups attached to an aromatic ring is 1. The summed E-state index contributed by atoms with van der Waals surface area (Å²) in [4.78, 5) is 14.3. The predicted molar refractivity (Wildman–Crippen MR) is 84.1 cm³/mol. The van der Waals surface area contributed by atoms with Gasteiger partial charge in [0.05, 0.1) is 11.4 Å². The molecule has 4 nitrogen and oxygen atoms in total. The van der Waals surface area contributed by atoms with Crippen LogP contribution in [0.5, 0.6) is 0 Å². The molecule has 110 valence electrons. The van der Waals surface area contributed by atoms with E-state index in [1.54, 1.807) is 6.07 Å². The quantitative estimate of drug-likeness (QED) is 0.752. The van der Waals surface area contributed by atoms with Gasteiger partial charge in [0, 0.05) is 25.2 Å². The first-order valence-electron chi connectivity index (χ1n) is 7.58. The SMILES string of the molecule is CCCN(CC1CC1)c1cc(C(=O)NCC)ccc1N. The number of hydrogen-bond acceptors (Lipinski definition) is 3. The molecular formula is C16H25N3O. The van der Waals surface area contributed by atoms with E-state index in [9.17, 15) is 4.79 Å². The van der Waals surface area contributed by atoms with Crippen LogP contribution in [0, 0.1) is 5.92 Å². The number of carbonyl (C=O) groups is 1. The second-order valence-corrected chi connectivity index (χ2v) is 5.52. The average Bonchev–Trinajstić information content (AvgIpc) is 3.23. The van der Waals surface area contributed by atoms with Gasteiger partial charge in [-0.25, -0.2) is 0 Å². The Morgan fingerprint density at radius 2 is 2.15 bits per heavy atom. The Hall–Kier alpha value is -1.71. The molecule has 0 radical (unpaired) electrons. The number of hydrogen-bond donors (Lipinski definition) is 2. The zero-order valence-electron chi connectivity index (χ0n) is 12.5. The molecule has 0 bridgehead atoms. The van der Waals surface area contributed by atoms with Gasteiger partial charge in [-0.15, -0.1) is 0 Å². The van der Waals surface area contributed by atoms with E-state index in [-0.39, 0.29) is 5.91 Å². The van der Waals surface area contributed by atoms with E-state index in [1.807, 2.05) is 19.1 Å². The van der Waals surface area contributed by atoms with E-state index < -0.39 is 0 Å². The van der Waals surface area contributed by atoms with Crippen LogP contribution in [0.25, 0.3) is 0 Å². The van der Waals surface area contributed by atoms with Gasteiger partial charge in [0.15, 0.2) is 0 Å². The van der Waals surface area contributed by atoms with Crippen LogP contribution in [0.1, 0.15) is 43.5 Å². The Morgan fingerprint density at radius 3 is 2.75 bits per heavy atom. The normalized spacial score (nSPS) is 14.1. The van der Waals surface area contributed by atoms with Crippen LogP contribution in [0.4, 0.5) is 11.4 Å². The number of anilines is 2. The van der Waals surface area contributed by atoms with Gasteiger partial charge < -0.3 is 16.0 Å². The van der Waals surface area contributed by atoms with Gasteiger partial charge in [-0.3, -0.25) is 4.79 Å². The second kappa shape index (κ2) is 6.64. The zero-order chi connectivity index (χ0) is 14.5. The van der Waals surface area contributed by atoms with Crippen molar-refractivity contribution in [3.05, 3.63) is 23.8 Å². The van der Waals surface area contributed by atoms with Crippen molar-refractivity contribution in [2.75, 3.05) is 30.3 Å². The molecule has 0 aromatic heterocycles. The van der Waals surface area contributed by atoms with Crippen molar-refractivity contribution in [1.82, 2.24) is 5.32 Å². The fraction of sp³-hybridized carbons (Fsp3) is 0.562. The number of nitrogens with one attached hydrogen (secondary N) is 1. The standard InChI is InChI=1S/C16H25N3O/c1-3-9-19(11-12-5-6-12)15-10-13(7-8-14(15)17)16(20)18-4-2/h7-8,10,12H,3-6,9,11,17H2,1-2H3,(H,18,20). The van der Waals surface area contributed by atoms with Crippen molar-refractivity contribution in [2.24, 2.45) is 5.92 Å². The number of carbonyl (C=O) groups excluding carboxylic acids is 1. The highest BCUT2D eigenvalue weighted by atomic mass is 16.1. The molecule has 0 unspecified atom stereocenters. The van der Waals surface area contributed by atoms with E-state index in [1.165, 1.54) is 12.8 Å². The molecule has 20 heavy (non-hydrogen) atoms. The summed E-state index contributed by atoms with van der Waals surface area (Å²) < 4.78 is 0. The third-order valence-electron chi connectivity index (χ3n) is 3.64. The third kappa shape index (κ3) is 3.65.